The number of aromatic nitrogens is 1. The molecule has 4 atom stereocenters. The average Bonchev–Trinajstić information content (AvgIpc) is 3.29. The van der Waals surface area contributed by atoms with Crippen LogP contribution in [0.2, 0.25) is 0 Å². The Hall–Kier alpha value is -1.82. The lowest BCUT2D eigenvalue weighted by atomic mass is 9.82. The maximum Gasteiger partial charge on any atom is 0.212 e. The first kappa shape index (κ1) is 14.8. The first-order chi connectivity index (χ1) is 11.3. The van der Waals surface area contributed by atoms with Crippen LogP contribution in [0.25, 0.3) is 0 Å². The molecule has 0 spiro atoms. The van der Waals surface area contributed by atoms with Crippen molar-refractivity contribution in [3.05, 3.63) is 23.9 Å². The average molecular weight is 316 g/mol. The van der Waals surface area contributed by atoms with E-state index in [1.165, 1.54) is 12.8 Å². The van der Waals surface area contributed by atoms with Crippen molar-refractivity contribution in [3.8, 4) is 5.88 Å². The van der Waals surface area contributed by atoms with E-state index in [1.807, 2.05) is 25.4 Å². The second kappa shape index (κ2) is 6.00. The van der Waals surface area contributed by atoms with E-state index >= 15 is 0 Å². The number of methoxy groups -OCH3 is 1. The summed E-state index contributed by atoms with van der Waals surface area (Å²) in [6.45, 7) is 2.84. The van der Waals surface area contributed by atoms with Gasteiger partial charge in [0.2, 0.25) is 5.88 Å². The number of nitrogens with one attached hydrogen (secondary N) is 1. The number of likely N-dealkylation sites (tertiary alicyclic amines) is 1. The summed E-state index contributed by atoms with van der Waals surface area (Å²) in [5.41, 5.74) is 1.12. The largest absolute Gasteiger partial charge is 0.481 e. The van der Waals surface area contributed by atoms with Gasteiger partial charge in [-0.2, -0.15) is 0 Å². The van der Waals surface area contributed by atoms with Gasteiger partial charge in [-0.05, 0) is 18.4 Å². The summed E-state index contributed by atoms with van der Waals surface area (Å²) >= 11 is 0. The molecule has 124 valence electrons. The van der Waals surface area contributed by atoms with Crippen molar-refractivity contribution in [2.75, 3.05) is 27.2 Å². The molecule has 0 aromatic carbocycles. The summed E-state index contributed by atoms with van der Waals surface area (Å²) in [6.07, 6.45) is 5.29. The molecule has 3 fully saturated rings. The number of hydrogen-bond donors (Lipinski definition) is 1. The highest BCUT2D eigenvalue weighted by Crippen LogP contribution is 2.47. The standard InChI is InChI=1S/C17H24N4O2/c1-18-17(20-8-11-3-6-16(22-2)19-7-11)21-9-12-13(10-21)15-5-4-14(12)23-15/h3,6-7,12-15H,4-5,8-10H2,1-2H3,(H,18,20). The predicted octanol–water partition coefficient (Wildman–Crippen LogP) is 1.27. The quantitative estimate of drug-likeness (QED) is 0.672. The second-order valence-corrected chi connectivity index (χ2v) is 6.63. The van der Waals surface area contributed by atoms with Crippen molar-refractivity contribution >= 4 is 5.96 Å². The number of nitrogens with zero attached hydrogens (tertiary/aromatic N) is 3. The SMILES string of the molecule is CN=C(NCc1ccc(OC)nc1)N1CC2C3CCC(O3)C2C1. The fourth-order valence-electron chi connectivity index (χ4n) is 4.28. The summed E-state index contributed by atoms with van der Waals surface area (Å²) in [5.74, 6) is 3.00. The topological polar surface area (TPSA) is 59.0 Å². The van der Waals surface area contributed by atoms with Crippen molar-refractivity contribution in [2.24, 2.45) is 16.8 Å². The van der Waals surface area contributed by atoms with Gasteiger partial charge in [-0.1, -0.05) is 6.07 Å². The number of fused-ring (bicyclic) bond motifs is 5. The Labute approximate surface area is 136 Å². The predicted molar refractivity (Wildman–Crippen MR) is 87.4 cm³/mol. The van der Waals surface area contributed by atoms with Crippen LogP contribution in [-0.2, 0) is 11.3 Å². The molecular formula is C17H24N4O2. The number of ether oxygens (including phenoxy) is 2. The van der Waals surface area contributed by atoms with E-state index in [2.05, 4.69) is 20.2 Å². The Morgan fingerprint density at radius 3 is 2.65 bits per heavy atom. The number of rotatable bonds is 3. The van der Waals surface area contributed by atoms with E-state index in [4.69, 9.17) is 9.47 Å². The minimum Gasteiger partial charge on any atom is -0.481 e. The molecule has 4 rings (SSSR count). The molecule has 23 heavy (non-hydrogen) atoms. The molecule has 3 aliphatic heterocycles. The van der Waals surface area contributed by atoms with Gasteiger partial charge in [-0.3, -0.25) is 4.99 Å². The summed E-state index contributed by atoms with van der Waals surface area (Å²) in [6, 6.07) is 3.91. The van der Waals surface area contributed by atoms with Gasteiger partial charge in [0.15, 0.2) is 5.96 Å². The van der Waals surface area contributed by atoms with Crippen molar-refractivity contribution in [3.63, 3.8) is 0 Å². The lowest BCUT2D eigenvalue weighted by Gasteiger charge is -2.23. The van der Waals surface area contributed by atoms with Crippen LogP contribution in [0.1, 0.15) is 18.4 Å². The van der Waals surface area contributed by atoms with Gasteiger partial charge >= 0.3 is 0 Å². The highest BCUT2D eigenvalue weighted by atomic mass is 16.5. The zero-order chi connectivity index (χ0) is 15.8. The maximum atomic E-state index is 6.05. The normalized spacial score (nSPS) is 32.3. The molecule has 6 heteroatoms. The van der Waals surface area contributed by atoms with E-state index in [0.717, 1.165) is 31.2 Å². The Balaban J connectivity index is 1.36. The smallest absolute Gasteiger partial charge is 0.212 e. The van der Waals surface area contributed by atoms with E-state index in [0.29, 0.717) is 29.9 Å². The molecule has 0 saturated carbocycles. The van der Waals surface area contributed by atoms with Crippen LogP contribution in [0, 0.1) is 11.8 Å². The summed E-state index contributed by atoms with van der Waals surface area (Å²) in [4.78, 5) is 11.1. The van der Waals surface area contributed by atoms with Crippen molar-refractivity contribution in [2.45, 2.75) is 31.6 Å². The molecule has 1 aromatic rings. The van der Waals surface area contributed by atoms with E-state index in [9.17, 15) is 0 Å². The molecule has 1 aromatic heterocycles. The highest BCUT2D eigenvalue weighted by molar-refractivity contribution is 5.80. The van der Waals surface area contributed by atoms with Gasteiger partial charge in [-0.15, -0.1) is 0 Å². The van der Waals surface area contributed by atoms with Crippen LogP contribution in [0.3, 0.4) is 0 Å². The van der Waals surface area contributed by atoms with Crippen LogP contribution in [0.5, 0.6) is 5.88 Å². The number of hydrogen-bond acceptors (Lipinski definition) is 4. The Bertz CT molecular complexity index is 571. The van der Waals surface area contributed by atoms with E-state index in [1.54, 1.807) is 7.11 Å². The number of pyridine rings is 1. The lowest BCUT2D eigenvalue weighted by molar-refractivity contribution is 0.0767. The monoisotopic (exact) mass is 316 g/mol. The van der Waals surface area contributed by atoms with Gasteiger partial charge in [0, 0.05) is 50.8 Å². The van der Waals surface area contributed by atoms with Gasteiger partial charge in [0.25, 0.3) is 0 Å². The van der Waals surface area contributed by atoms with Crippen molar-refractivity contribution in [1.82, 2.24) is 15.2 Å². The molecule has 1 N–H and O–H groups in total. The first-order valence-corrected chi connectivity index (χ1v) is 8.38. The van der Waals surface area contributed by atoms with Crippen LogP contribution >= 0.6 is 0 Å². The van der Waals surface area contributed by atoms with Crippen LogP contribution < -0.4 is 10.1 Å². The van der Waals surface area contributed by atoms with E-state index in [-0.39, 0.29) is 0 Å². The number of guanidine groups is 1. The summed E-state index contributed by atoms with van der Waals surface area (Å²) < 4.78 is 11.1. The zero-order valence-electron chi connectivity index (χ0n) is 13.7. The zero-order valence-corrected chi connectivity index (χ0v) is 13.7. The summed E-state index contributed by atoms with van der Waals surface area (Å²) in [7, 11) is 3.48. The molecule has 4 unspecified atom stereocenters. The van der Waals surface area contributed by atoms with Crippen LogP contribution in [0.15, 0.2) is 23.3 Å². The molecule has 3 saturated heterocycles. The van der Waals surface area contributed by atoms with Gasteiger partial charge in [0.1, 0.15) is 0 Å². The first-order valence-electron chi connectivity index (χ1n) is 8.38. The van der Waals surface area contributed by atoms with E-state index < -0.39 is 0 Å². The number of aliphatic imine (C=N–C) groups is 1. The maximum absolute atomic E-state index is 6.05. The fourth-order valence-corrected chi connectivity index (χ4v) is 4.28. The summed E-state index contributed by atoms with van der Waals surface area (Å²) in [5, 5.41) is 3.46. The fraction of sp³-hybridized carbons (Fsp3) is 0.647. The van der Waals surface area contributed by atoms with Gasteiger partial charge in [-0.25, -0.2) is 4.98 Å². The molecule has 4 heterocycles. The Morgan fingerprint density at radius 1 is 1.35 bits per heavy atom. The molecule has 0 radical (unpaired) electrons. The third-order valence-electron chi connectivity index (χ3n) is 5.42. The minimum absolute atomic E-state index is 0.485. The molecule has 3 aliphatic rings. The second-order valence-electron chi connectivity index (χ2n) is 6.63. The Kier molecular flexibility index (Phi) is 3.85. The molecular weight excluding hydrogens is 292 g/mol. The molecule has 0 aliphatic carbocycles. The molecule has 6 nitrogen and oxygen atoms in total. The Morgan fingerprint density at radius 2 is 2.09 bits per heavy atom. The van der Waals surface area contributed by atoms with Crippen molar-refractivity contribution in [1.29, 1.82) is 0 Å². The van der Waals surface area contributed by atoms with Gasteiger partial charge in [0.05, 0.1) is 19.3 Å². The molecule has 0 amide bonds. The van der Waals surface area contributed by atoms with Crippen LogP contribution in [0.4, 0.5) is 0 Å². The third kappa shape index (κ3) is 2.65. The minimum atomic E-state index is 0.485. The lowest BCUT2D eigenvalue weighted by Crippen LogP contribution is -2.41. The van der Waals surface area contributed by atoms with Crippen LogP contribution in [-0.4, -0.2) is 55.3 Å². The highest BCUT2D eigenvalue weighted by Gasteiger charge is 2.53. The third-order valence-corrected chi connectivity index (χ3v) is 5.42. The van der Waals surface area contributed by atoms with Gasteiger partial charge < -0.3 is 19.7 Å². The molecule has 2 bridgehead atoms. The van der Waals surface area contributed by atoms with Crippen molar-refractivity contribution < 1.29 is 9.47 Å².